The molecule has 1 atom stereocenters. The number of ketones is 2. The highest BCUT2D eigenvalue weighted by atomic mass is 16.6. The molecule has 1 spiro atoms. The van der Waals surface area contributed by atoms with Gasteiger partial charge in [-0.2, -0.15) is 0 Å². The molecule has 0 amide bonds. The standard InChI is InChI=1S/C19H22N2O4/c22-17-6-4-7-18(23)19(17)12-13-11-14(21(24)25)8-9-15(13)20-10-3-1-2-5-16(19)20/h8-9,11,16H,1-7,10,12H2. The van der Waals surface area contributed by atoms with Gasteiger partial charge in [0.05, 0.1) is 4.92 Å². The number of benzene rings is 1. The predicted molar refractivity (Wildman–Crippen MR) is 92.7 cm³/mol. The van der Waals surface area contributed by atoms with E-state index in [2.05, 4.69) is 4.90 Å². The van der Waals surface area contributed by atoms with Crippen molar-refractivity contribution in [2.45, 2.75) is 57.4 Å². The zero-order valence-electron chi connectivity index (χ0n) is 14.2. The maximum atomic E-state index is 13.0. The van der Waals surface area contributed by atoms with E-state index in [1.165, 1.54) is 6.07 Å². The molecule has 2 aliphatic heterocycles. The smallest absolute Gasteiger partial charge is 0.269 e. The maximum absolute atomic E-state index is 13.0. The van der Waals surface area contributed by atoms with Gasteiger partial charge in [-0.3, -0.25) is 19.7 Å². The van der Waals surface area contributed by atoms with E-state index in [4.69, 9.17) is 0 Å². The van der Waals surface area contributed by atoms with E-state index in [-0.39, 0.29) is 23.3 Å². The molecule has 0 radical (unpaired) electrons. The van der Waals surface area contributed by atoms with Crippen molar-refractivity contribution < 1.29 is 14.5 Å². The molecular weight excluding hydrogens is 320 g/mol. The van der Waals surface area contributed by atoms with Crippen molar-refractivity contribution in [3.05, 3.63) is 33.9 Å². The Morgan fingerprint density at radius 3 is 2.56 bits per heavy atom. The zero-order chi connectivity index (χ0) is 17.6. The van der Waals surface area contributed by atoms with Crippen molar-refractivity contribution in [3.63, 3.8) is 0 Å². The lowest BCUT2D eigenvalue weighted by Crippen LogP contribution is -2.61. The molecule has 1 saturated heterocycles. The summed E-state index contributed by atoms with van der Waals surface area (Å²) >= 11 is 0. The van der Waals surface area contributed by atoms with Crippen LogP contribution < -0.4 is 4.90 Å². The van der Waals surface area contributed by atoms with Crippen molar-refractivity contribution in [2.24, 2.45) is 5.41 Å². The summed E-state index contributed by atoms with van der Waals surface area (Å²) < 4.78 is 0. The molecule has 0 N–H and O–H groups in total. The minimum atomic E-state index is -0.995. The lowest BCUT2D eigenvalue weighted by Gasteiger charge is -2.50. The Labute approximate surface area is 146 Å². The first kappa shape index (κ1) is 16.2. The average molecular weight is 342 g/mol. The van der Waals surface area contributed by atoms with E-state index in [0.29, 0.717) is 25.7 Å². The molecule has 2 heterocycles. The van der Waals surface area contributed by atoms with Gasteiger partial charge in [-0.25, -0.2) is 0 Å². The van der Waals surface area contributed by atoms with Gasteiger partial charge in [-0.05, 0) is 37.3 Å². The lowest BCUT2D eigenvalue weighted by atomic mass is 9.61. The van der Waals surface area contributed by atoms with E-state index in [9.17, 15) is 19.7 Å². The molecule has 0 bridgehead atoms. The molecule has 1 aromatic rings. The first-order valence-electron chi connectivity index (χ1n) is 9.14. The van der Waals surface area contributed by atoms with E-state index < -0.39 is 10.3 Å². The minimum Gasteiger partial charge on any atom is -0.367 e. The number of carbonyl (C=O) groups is 2. The van der Waals surface area contributed by atoms with E-state index in [1.54, 1.807) is 12.1 Å². The Hall–Kier alpha value is -2.24. The Bertz CT molecular complexity index is 742. The molecular formula is C19H22N2O4. The molecule has 25 heavy (non-hydrogen) atoms. The molecule has 3 aliphatic rings. The summed E-state index contributed by atoms with van der Waals surface area (Å²) in [7, 11) is 0. The van der Waals surface area contributed by atoms with Crippen molar-refractivity contribution in [3.8, 4) is 0 Å². The largest absolute Gasteiger partial charge is 0.367 e. The molecule has 6 heteroatoms. The van der Waals surface area contributed by atoms with Crippen LogP contribution in [0.4, 0.5) is 11.4 Å². The quantitative estimate of drug-likeness (QED) is 0.445. The van der Waals surface area contributed by atoms with Crippen LogP contribution in [0.25, 0.3) is 0 Å². The minimum absolute atomic E-state index is 0.0258. The Morgan fingerprint density at radius 1 is 1.08 bits per heavy atom. The van der Waals surface area contributed by atoms with Crippen LogP contribution in [-0.4, -0.2) is 29.1 Å². The second-order valence-corrected chi connectivity index (χ2v) is 7.48. The molecule has 132 valence electrons. The third-order valence-corrected chi connectivity index (χ3v) is 6.18. The number of nitrogens with zero attached hydrogens (tertiary/aromatic N) is 2. The second-order valence-electron chi connectivity index (χ2n) is 7.48. The Kier molecular flexibility index (Phi) is 3.85. The van der Waals surface area contributed by atoms with Crippen LogP contribution in [-0.2, 0) is 16.0 Å². The number of nitro groups is 1. The van der Waals surface area contributed by atoms with Crippen LogP contribution in [0.1, 0.15) is 50.5 Å². The first-order valence-corrected chi connectivity index (χ1v) is 9.14. The van der Waals surface area contributed by atoms with Crippen LogP contribution >= 0.6 is 0 Å². The van der Waals surface area contributed by atoms with Crippen LogP contribution in [0, 0.1) is 15.5 Å². The third kappa shape index (κ3) is 2.38. The highest BCUT2D eigenvalue weighted by Gasteiger charge is 2.56. The number of anilines is 1. The molecule has 1 saturated carbocycles. The first-order chi connectivity index (χ1) is 12.0. The Balaban J connectivity index is 1.89. The number of hydrogen-bond acceptors (Lipinski definition) is 5. The highest BCUT2D eigenvalue weighted by molar-refractivity contribution is 6.11. The van der Waals surface area contributed by atoms with Crippen LogP contribution in [0.15, 0.2) is 18.2 Å². The van der Waals surface area contributed by atoms with Gasteiger partial charge in [0.25, 0.3) is 5.69 Å². The van der Waals surface area contributed by atoms with E-state index in [0.717, 1.165) is 43.5 Å². The SMILES string of the molecule is O=C1CCCC(=O)C12Cc1cc([N+](=O)[O-])ccc1N1CCCCCC12. The molecule has 6 nitrogen and oxygen atoms in total. The number of hydrogen-bond donors (Lipinski definition) is 0. The number of carbonyl (C=O) groups excluding carboxylic acids is 2. The van der Waals surface area contributed by atoms with Crippen LogP contribution in [0.2, 0.25) is 0 Å². The summed E-state index contributed by atoms with van der Waals surface area (Å²) in [5, 5.41) is 11.2. The summed E-state index contributed by atoms with van der Waals surface area (Å²) in [6, 6.07) is 4.80. The van der Waals surface area contributed by atoms with Gasteiger partial charge in [0.1, 0.15) is 17.0 Å². The lowest BCUT2D eigenvalue weighted by molar-refractivity contribution is -0.384. The van der Waals surface area contributed by atoms with Gasteiger partial charge in [-0.15, -0.1) is 0 Å². The fourth-order valence-electron chi connectivity index (χ4n) is 5.01. The molecule has 2 fully saturated rings. The summed E-state index contributed by atoms with van der Waals surface area (Å²) in [5.74, 6) is 0.0793. The zero-order valence-corrected chi connectivity index (χ0v) is 14.2. The predicted octanol–water partition coefficient (Wildman–Crippen LogP) is 3.21. The monoisotopic (exact) mass is 342 g/mol. The van der Waals surface area contributed by atoms with Crippen molar-refractivity contribution in [1.29, 1.82) is 0 Å². The molecule has 1 aliphatic carbocycles. The van der Waals surface area contributed by atoms with Gasteiger partial charge in [0, 0.05) is 43.2 Å². The van der Waals surface area contributed by atoms with Crippen molar-refractivity contribution >= 4 is 22.9 Å². The molecule has 0 aromatic heterocycles. The summed E-state index contributed by atoms with van der Waals surface area (Å²) in [6.45, 7) is 0.803. The van der Waals surface area contributed by atoms with Gasteiger partial charge in [0.2, 0.25) is 0 Å². The summed E-state index contributed by atoms with van der Waals surface area (Å²) in [5.41, 5.74) is 0.772. The highest BCUT2D eigenvalue weighted by Crippen LogP contribution is 2.49. The number of fused-ring (bicyclic) bond motifs is 4. The third-order valence-electron chi connectivity index (χ3n) is 6.18. The number of nitro benzene ring substituents is 1. The average Bonchev–Trinajstić information content (AvgIpc) is 2.85. The second kappa shape index (κ2) is 5.93. The van der Waals surface area contributed by atoms with E-state index >= 15 is 0 Å². The van der Waals surface area contributed by atoms with Gasteiger partial charge >= 0.3 is 0 Å². The van der Waals surface area contributed by atoms with Gasteiger partial charge < -0.3 is 4.90 Å². The maximum Gasteiger partial charge on any atom is 0.269 e. The number of non-ortho nitro benzene ring substituents is 1. The molecule has 1 unspecified atom stereocenters. The van der Waals surface area contributed by atoms with Crippen LogP contribution in [0.3, 0.4) is 0 Å². The summed E-state index contributed by atoms with van der Waals surface area (Å²) in [6.07, 6.45) is 5.82. The van der Waals surface area contributed by atoms with E-state index in [1.807, 2.05) is 0 Å². The van der Waals surface area contributed by atoms with Crippen LogP contribution in [0.5, 0.6) is 0 Å². The normalized spacial score (nSPS) is 25.3. The van der Waals surface area contributed by atoms with Gasteiger partial charge in [0.15, 0.2) is 0 Å². The molecule has 4 rings (SSSR count). The van der Waals surface area contributed by atoms with Crippen molar-refractivity contribution in [2.75, 3.05) is 11.4 Å². The summed E-state index contributed by atoms with van der Waals surface area (Å²) in [4.78, 5) is 39.0. The fraction of sp³-hybridized carbons (Fsp3) is 0.579. The topological polar surface area (TPSA) is 80.5 Å². The number of rotatable bonds is 1. The molecule has 1 aromatic carbocycles. The van der Waals surface area contributed by atoms with Crippen molar-refractivity contribution in [1.82, 2.24) is 0 Å². The Morgan fingerprint density at radius 2 is 1.84 bits per heavy atom. The van der Waals surface area contributed by atoms with Gasteiger partial charge in [-0.1, -0.05) is 12.8 Å². The fourth-order valence-corrected chi connectivity index (χ4v) is 5.01. The number of Topliss-reactive ketones (excluding diaryl/α,β-unsaturated/α-hetero) is 2.